The van der Waals surface area contributed by atoms with E-state index < -0.39 is 10.0 Å². The summed E-state index contributed by atoms with van der Waals surface area (Å²) in [7, 11) is -3.32. The van der Waals surface area contributed by atoms with E-state index in [2.05, 4.69) is 15.4 Å². The number of aryl methyl sites for hydroxylation is 2. The summed E-state index contributed by atoms with van der Waals surface area (Å²) in [5, 5.41) is 5.60. The van der Waals surface area contributed by atoms with Crippen LogP contribution >= 0.6 is 0 Å². The number of hydrogen-bond donors (Lipinski definition) is 3. The Morgan fingerprint density at radius 3 is 2.21 bits per heavy atom. The predicted molar refractivity (Wildman–Crippen MR) is 98.1 cm³/mol. The molecule has 2 rings (SSSR count). The molecule has 3 N–H and O–H groups in total. The Labute approximate surface area is 142 Å². The van der Waals surface area contributed by atoms with Crippen LogP contribution in [0.25, 0.3) is 0 Å². The molecule has 0 bridgehead atoms. The summed E-state index contributed by atoms with van der Waals surface area (Å²) >= 11 is 0. The van der Waals surface area contributed by atoms with Crippen molar-refractivity contribution in [2.24, 2.45) is 0 Å². The molecule has 0 atom stereocenters. The van der Waals surface area contributed by atoms with Gasteiger partial charge in [0.05, 0.1) is 6.26 Å². The first kappa shape index (κ1) is 17.8. The smallest absolute Gasteiger partial charge is 0.308 e. The van der Waals surface area contributed by atoms with Crippen LogP contribution in [-0.4, -0.2) is 20.7 Å². The van der Waals surface area contributed by atoms with Crippen molar-refractivity contribution < 1.29 is 13.2 Å². The minimum absolute atomic E-state index is 0.345. The molecule has 2 aromatic rings. The normalized spacial score (nSPS) is 11.0. The van der Waals surface area contributed by atoms with Gasteiger partial charge in [0.2, 0.25) is 10.0 Å². The molecule has 128 valence electrons. The van der Waals surface area contributed by atoms with E-state index in [1.54, 1.807) is 24.3 Å². The fraction of sp³-hybridized carbons (Fsp3) is 0.235. The minimum Gasteiger partial charge on any atom is -0.308 e. The van der Waals surface area contributed by atoms with E-state index in [0.29, 0.717) is 11.4 Å². The van der Waals surface area contributed by atoms with Crippen LogP contribution in [0.1, 0.15) is 18.1 Å². The molecule has 0 aliphatic carbocycles. The molecule has 0 aromatic heterocycles. The van der Waals surface area contributed by atoms with E-state index in [-0.39, 0.29) is 6.03 Å². The lowest BCUT2D eigenvalue weighted by atomic mass is 10.1. The summed E-state index contributed by atoms with van der Waals surface area (Å²) in [6.45, 7) is 3.98. The highest BCUT2D eigenvalue weighted by Gasteiger charge is 2.09. The Kier molecular flexibility index (Phi) is 5.46. The number of anilines is 3. The lowest BCUT2D eigenvalue weighted by Gasteiger charge is -2.14. The molecule has 2 amide bonds. The van der Waals surface area contributed by atoms with Gasteiger partial charge >= 0.3 is 6.03 Å². The Hall–Kier alpha value is -2.54. The minimum atomic E-state index is -3.32. The molecule has 2 aromatic carbocycles. The van der Waals surface area contributed by atoms with E-state index in [1.807, 2.05) is 32.0 Å². The highest BCUT2D eigenvalue weighted by Crippen LogP contribution is 2.21. The van der Waals surface area contributed by atoms with Crippen LogP contribution in [-0.2, 0) is 16.4 Å². The largest absolute Gasteiger partial charge is 0.323 e. The SMILES string of the molecule is CCc1cccc(C)c1NC(=O)Nc1ccc(NS(C)(=O)=O)cc1. The van der Waals surface area contributed by atoms with Crippen LogP contribution < -0.4 is 15.4 Å². The second kappa shape index (κ2) is 7.35. The van der Waals surface area contributed by atoms with Gasteiger partial charge in [-0.2, -0.15) is 0 Å². The average molecular weight is 347 g/mol. The molecular weight excluding hydrogens is 326 g/mol. The van der Waals surface area contributed by atoms with Crippen molar-refractivity contribution in [1.29, 1.82) is 0 Å². The molecule has 0 unspecified atom stereocenters. The molecule has 7 heteroatoms. The predicted octanol–water partition coefficient (Wildman–Crippen LogP) is 3.57. The first-order valence-electron chi connectivity index (χ1n) is 7.53. The lowest BCUT2D eigenvalue weighted by Crippen LogP contribution is -2.21. The number of nitrogens with one attached hydrogen (secondary N) is 3. The summed E-state index contributed by atoms with van der Waals surface area (Å²) in [4.78, 5) is 12.2. The van der Waals surface area contributed by atoms with Gasteiger partial charge in [0, 0.05) is 17.1 Å². The van der Waals surface area contributed by atoms with Gasteiger partial charge in [-0.1, -0.05) is 25.1 Å². The zero-order valence-electron chi connectivity index (χ0n) is 13.9. The standard InChI is InChI=1S/C17H21N3O3S/c1-4-13-7-5-6-12(2)16(13)19-17(21)18-14-8-10-15(11-9-14)20-24(3,22)23/h5-11,20H,4H2,1-3H3,(H2,18,19,21). The molecule has 0 saturated heterocycles. The second-order valence-corrected chi connectivity index (χ2v) is 7.24. The molecule has 6 nitrogen and oxygen atoms in total. The van der Waals surface area contributed by atoms with Crippen molar-refractivity contribution in [1.82, 2.24) is 0 Å². The monoisotopic (exact) mass is 347 g/mol. The fourth-order valence-electron chi connectivity index (χ4n) is 2.31. The first-order chi connectivity index (χ1) is 11.3. The molecule has 24 heavy (non-hydrogen) atoms. The van der Waals surface area contributed by atoms with Gasteiger partial charge in [-0.25, -0.2) is 13.2 Å². The van der Waals surface area contributed by atoms with Crippen LogP contribution in [0.2, 0.25) is 0 Å². The number of carbonyl (C=O) groups is 1. The zero-order valence-corrected chi connectivity index (χ0v) is 14.7. The van der Waals surface area contributed by atoms with Crippen molar-refractivity contribution in [3.05, 3.63) is 53.6 Å². The van der Waals surface area contributed by atoms with E-state index >= 15 is 0 Å². The van der Waals surface area contributed by atoms with E-state index in [1.165, 1.54) is 0 Å². The molecule has 0 radical (unpaired) electrons. The summed E-state index contributed by atoms with van der Waals surface area (Å²) < 4.78 is 24.7. The number of hydrogen-bond acceptors (Lipinski definition) is 3. The third kappa shape index (κ3) is 4.99. The third-order valence-electron chi connectivity index (χ3n) is 3.42. The van der Waals surface area contributed by atoms with Crippen LogP contribution in [0.15, 0.2) is 42.5 Å². The number of rotatable bonds is 5. The maximum absolute atomic E-state index is 12.2. The van der Waals surface area contributed by atoms with Gasteiger partial charge in [0.15, 0.2) is 0 Å². The van der Waals surface area contributed by atoms with Crippen LogP contribution in [0.5, 0.6) is 0 Å². The van der Waals surface area contributed by atoms with Crippen molar-refractivity contribution >= 4 is 33.1 Å². The number of carbonyl (C=O) groups excluding carboxylic acids is 1. The average Bonchev–Trinajstić information content (AvgIpc) is 2.50. The van der Waals surface area contributed by atoms with E-state index in [4.69, 9.17) is 0 Å². The fourth-order valence-corrected chi connectivity index (χ4v) is 2.88. The molecule has 0 fully saturated rings. The molecule has 0 saturated carbocycles. The number of amides is 2. The summed E-state index contributed by atoms with van der Waals surface area (Å²) in [6.07, 6.45) is 1.91. The van der Waals surface area contributed by atoms with Gasteiger partial charge < -0.3 is 10.6 Å². The van der Waals surface area contributed by atoms with Gasteiger partial charge in [0.25, 0.3) is 0 Å². The third-order valence-corrected chi connectivity index (χ3v) is 4.03. The highest BCUT2D eigenvalue weighted by molar-refractivity contribution is 7.92. The van der Waals surface area contributed by atoms with Crippen molar-refractivity contribution in [2.45, 2.75) is 20.3 Å². The van der Waals surface area contributed by atoms with E-state index in [0.717, 1.165) is 29.5 Å². The van der Waals surface area contributed by atoms with Gasteiger partial charge in [-0.05, 0) is 48.7 Å². The van der Waals surface area contributed by atoms with E-state index in [9.17, 15) is 13.2 Å². The Bertz CT molecular complexity index is 831. The lowest BCUT2D eigenvalue weighted by molar-refractivity contribution is 0.262. The first-order valence-corrected chi connectivity index (χ1v) is 9.42. The maximum Gasteiger partial charge on any atom is 0.323 e. The number of benzene rings is 2. The van der Waals surface area contributed by atoms with Crippen LogP contribution in [0, 0.1) is 6.92 Å². The maximum atomic E-state index is 12.2. The van der Waals surface area contributed by atoms with Crippen molar-refractivity contribution in [2.75, 3.05) is 21.6 Å². The molecule has 0 aliphatic heterocycles. The molecule has 0 spiro atoms. The van der Waals surface area contributed by atoms with Crippen molar-refractivity contribution in [3.63, 3.8) is 0 Å². The zero-order chi connectivity index (χ0) is 17.7. The second-order valence-electron chi connectivity index (χ2n) is 5.49. The summed E-state index contributed by atoms with van der Waals surface area (Å²) in [6, 6.07) is 12.0. The van der Waals surface area contributed by atoms with Crippen LogP contribution in [0.4, 0.5) is 21.9 Å². The topological polar surface area (TPSA) is 87.3 Å². The Morgan fingerprint density at radius 1 is 1.00 bits per heavy atom. The quantitative estimate of drug-likeness (QED) is 0.772. The number of para-hydroxylation sites is 1. The van der Waals surface area contributed by atoms with Gasteiger partial charge in [0.1, 0.15) is 0 Å². The Balaban J connectivity index is 2.05. The Morgan fingerprint density at radius 2 is 1.62 bits per heavy atom. The molecular formula is C17H21N3O3S. The molecule has 0 aliphatic rings. The highest BCUT2D eigenvalue weighted by atomic mass is 32.2. The van der Waals surface area contributed by atoms with Gasteiger partial charge in [-0.15, -0.1) is 0 Å². The van der Waals surface area contributed by atoms with Crippen LogP contribution in [0.3, 0.4) is 0 Å². The number of urea groups is 1. The summed E-state index contributed by atoms with van der Waals surface area (Å²) in [5.41, 5.74) is 3.89. The number of sulfonamides is 1. The van der Waals surface area contributed by atoms with Gasteiger partial charge in [-0.3, -0.25) is 4.72 Å². The van der Waals surface area contributed by atoms with Crippen molar-refractivity contribution in [3.8, 4) is 0 Å². The summed E-state index contributed by atoms with van der Waals surface area (Å²) in [5.74, 6) is 0. The molecule has 0 heterocycles.